The molecule has 2 aromatic carbocycles. The topological polar surface area (TPSA) is 55.1 Å². The molecule has 0 saturated carbocycles. The zero-order chi connectivity index (χ0) is 20.1. The molecule has 1 aliphatic heterocycles. The molecule has 0 bridgehead atoms. The number of nitrogens with zero attached hydrogens (tertiary/aromatic N) is 2. The summed E-state index contributed by atoms with van der Waals surface area (Å²) in [4.78, 5) is 18.6. The van der Waals surface area contributed by atoms with E-state index >= 15 is 0 Å². The normalized spacial score (nSPS) is 18.0. The number of aromatic nitrogens is 1. The van der Waals surface area contributed by atoms with Crippen LogP contribution in [-0.4, -0.2) is 34.9 Å². The maximum Gasteiger partial charge on any atom is 0.254 e. The van der Waals surface area contributed by atoms with Crippen molar-refractivity contribution in [1.82, 2.24) is 15.2 Å². The number of carbonyl (C=O) groups excluding carboxylic acids is 1. The molecule has 0 aliphatic carbocycles. The Morgan fingerprint density at radius 1 is 0.966 bits per heavy atom. The summed E-state index contributed by atoms with van der Waals surface area (Å²) in [6.45, 7) is 3.41. The molecule has 0 radical (unpaired) electrons. The fraction of sp³-hybridized carbons (Fsp3) is 0.200. The van der Waals surface area contributed by atoms with Crippen LogP contribution in [0.4, 0.5) is 0 Å². The van der Waals surface area contributed by atoms with Crippen LogP contribution in [0.5, 0.6) is 0 Å². The van der Waals surface area contributed by atoms with Gasteiger partial charge in [-0.1, -0.05) is 66.7 Å². The van der Waals surface area contributed by atoms with Crippen LogP contribution < -0.4 is 5.32 Å². The molecule has 1 amide bonds. The van der Waals surface area contributed by atoms with E-state index in [4.69, 9.17) is 0 Å². The second-order valence-electron chi connectivity index (χ2n) is 7.24. The van der Waals surface area contributed by atoms with Crippen LogP contribution in [0.25, 0.3) is 12.2 Å². The summed E-state index contributed by atoms with van der Waals surface area (Å²) in [7, 11) is 0. The zero-order valence-corrected chi connectivity index (χ0v) is 16.5. The second-order valence-corrected chi connectivity index (χ2v) is 7.24. The summed E-state index contributed by atoms with van der Waals surface area (Å²) in [5.41, 5.74) is 4.32. The van der Waals surface area contributed by atoms with Crippen molar-refractivity contribution < 1.29 is 4.79 Å². The average Bonchev–Trinajstić information content (AvgIpc) is 3.56. The molecule has 1 aliphatic rings. The summed E-state index contributed by atoms with van der Waals surface area (Å²) in [5, 5.41) is 3.51. The SMILES string of the molecule is CCN(CC1NC1c1ccc(/C=C/c2ccccc2)cc1)C(=O)c1ccncc1. The predicted octanol–water partition coefficient (Wildman–Crippen LogP) is 4.43. The molecular formula is C25H25N3O. The van der Waals surface area contributed by atoms with Crippen LogP contribution in [0.2, 0.25) is 0 Å². The first kappa shape index (κ1) is 19.1. The number of amides is 1. The number of pyridine rings is 1. The molecule has 0 spiro atoms. The third-order valence-electron chi connectivity index (χ3n) is 5.26. The highest BCUT2D eigenvalue weighted by molar-refractivity contribution is 5.94. The Kier molecular flexibility index (Phi) is 5.82. The van der Waals surface area contributed by atoms with Gasteiger partial charge in [-0.2, -0.15) is 0 Å². The van der Waals surface area contributed by atoms with Crippen molar-refractivity contribution in [2.45, 2.75) is 19.0 Å². The van der Waals surface area contributed by atoms with Crippen molar-refractivity contribution in [3.63, 3.8) is 0 Å². The highest BCUT2D eigenvalue weighted by Crippen LogP contribution is 2.31. The molecule has 2 heterocycles. The van der Waals surface area contributed by atoms with Gasteiger partial charge in [0.15, 0.2) is 0 Å². The standard InChI is InChI=1S/C25H25N3O/c1-2-28(25(29)22-14-16-26-17-15-22)18-23-24(27-23)21-12-10-20(11-13-21)9-8-19-6-4-3-5-7-19/h3-17,23-24,27H,2,18H2,1H3/b9-8+. The largest absolute Gasteiger partial charge is 0.337 e. The van der Waals surface area contributed by atoms with Crippen LogP contribution in [0, 0.1) is 0 Å². The van der Waals surface area contributed by atoms with Gasteiger partial charge in [-0.15, -0.1) is 0 Å². The number of likely N-dealkylation sites (N-methyl/N-ethyl adjacent to an activating group) is 1. The van der Waals surface area contributed by atoms with Crippen LogP contribution in [-0.2, 0) is 0 Å². The minimum atomic E-state index is 0.0590. The molecule has 4 nitrogen and oxygen atoms in total. The van der Waals surface area contributed by atoms with Crippen LogP contribution in [0.15, 0.2) is 79.1 Å². The quantitative estimate of drug-likeness (QED) is 0.485. The summed E-state index contributed by atoms with van der Waals surface area (Å²) < 4.78 is 0. The number of hydrogen-bond donors (Lipinski definition) is 1. The predicted molar refractivity (Wildman–Crippen MR) is 117 cm³/mol. The molecule has 4 heteroatoms. The van der Waals surface area contributed by atoms with Crippen molar-refractivity contribution >= 4 is 18.1 Å². The first-order chi connectivity index (χ1) is 14.2. The van der Waals surface area contributed by atoms with Gasteiger partial charge in [0.25, 0.3) is 5.91 Å². The monoisotopic (exact) mass is 383 g/mol. The van der Waals surface area contributed by atoms with Gasteiger partial charge < -0.3 is 10.2 Å². The smallest absolute Gasteiger partial charge is 0.254 e. The van der Waals surface area contributed by atoms with E-state index in [1.165, 1.54) is 16.7 Å². The Balaban J connectivity index is 1.35. The van der Waals surface area contributed by atoms with Crippen LogP contribution >= 0.6 is 0 Å². The van der Waals surface area contributed by atoms with E-state index < -0.39 is 0 Å². The molecule has 2 unspecified atom stereocenters. The fourth-order valence-electron chi connectivity index (χ4n) is 3.50. The fourth-order valence-corrected chi connectivity index (χ4v) is 3.50. The van der Waals surface area contributed by atoms with E-state index in [0.29, 0.717) is 30.7 Å². The maximum atomic E-state index is 12.7. The molecule has 2 atom stereocenters. The molecule has 4 rings (SSSR count). The van der Waals surface area contributed by atoms with Gasteiger partial charge in [0.05, 0.1) is 0 Å². The van der Waals surface area contributed by atoms with E-state index in [2.05, 4.69) is 58.9 Å². The van der Waals surface area contributed by atoms with Gasteiger partial charge in [-0.05, 0) is 35.7 Å². The third kappa shape index (κ3) is 4.79. The number of carbonyl (C=O) groups is 1. The Bertz CT molecular complexity index is 968. The van der Waals surface area contributed by atoms with Crippen LogP contribution in [0.3, 0.4) is 0 Å². The first-order valence-electron chi connectivity index (χ1n) is 10.0. The van der Waals surface area contributed by atoms with E-state index in [0.717, 1.165) is 0 Å². The van der Waals surface area contributed by atoms with Crippen molar-refractivity contribution in [1.29, 1.82) is 0 Å². The van der Waals surface area contributed by atoms with Gasteiger partial charge in [-0.25, -0.2) is 0 Å². The van der Waals surface area contributed by atoms with E-state index in [1.807, 2.05) is 30.0 Å². The third-order valence-corrected chi connectivity index (χ3v) is 5.26. The zero-order valence-electron chi connectivity index (χ0n) is 16.5. The minimum absolute atomic E-state index is 0.0590. The summed E-state index contributed by atoms with van der Waals surface area (Å²) in [6, 6.07) is 23.1. The molecule has 1 N–H and O–H groups in total. The van der Waals surface area contributed by atoms with Crippen LogP contribution in [0.1, 0.15) is 40.0 Å². The van der Waals surface area contributed by atoms with Gasteiger partial charge in [0, 0.05) is 43.1 Å². The molecule has 3 aromatic rings. The molecule has 146 valence electrons. The van der Waals surface area contributed by atoms with Gasteiger partial charge in [0.2, 0.25) is 0 Å². The molecule has 1 saturated heterocycles. The Morgan fingerprint density at radius 3 is 2.28 bits per heavy atom. The number of nitrogens with one attached hydrogen (secondary N) is 1. The maximum absolute atomic E-state index is 12.7. The average molecular weight is 383 g/mol. The lowest BCUT2D eigenvalue weighted by Gasteiger charge is -2.20. The number of hydrogen-bond acceptors (Lipinski definition) is 3. The lowest BCUT2D eigenvalue weighted by molar-refractivity contribution is 0.0764. The molecule has 1 aromatic heterocycles. The highest BCUT2D eigenvalue weighted by Gasteiger charge is 2.39. The van der Waals surface area contributed by atoms with Gasteiger partial charge >= 0.3 is 0 Å². The second kappa shape index (κ2) is 8.84. The summed E-state index contributed by atoms with van der Waals surface area (Å²) in [6.07, 6.45) is 7.57. The highest BCUT2D eigenvalue weighted by atomic mass is 16.2. The lowest BCUT2D eigenvalue weighted by Crippen LogP contribution is -2.34. The van der Waals surface area contributed by atoms with E-state index in [-0.39, 0.29) is 5.91 Å². The summed E-state index contributed by atoms with van der Waals surface area (Å²) in [5.74, 6) is 0.0590. The van der Waals surface area contributed by atoms with Crippen molar-refractivity contribution in [2.75, 3.05) is 13.1 Å². The van der Waals surface area contributed by atoms with E-state index in [9.17, 15) is 4.79 Å². The summed E-state index contributed by atoms with van der Waals surface area (Å²) >= 11 is 0. The number of rotatable bonds is 7. The van der Waals surface area contributed by atoms with E-state index in [1.54, 1.807) is 24.5 Å². The van der Waals surface area contributed by atoms with Crippen molar-refractivity contribution in [3.8, 4) is 0 Å². The Labute approximate surface area is 171 Å². The first-order valence-corrected chi connectivity index (χ1v) is 10.0. The molecule has 1 fully saturated rings. The van der Waals surface area contributed by atoms with Gasteiger partial charge in [0.1, 0.15) is 0 Å². The Morgan fingerprint density at radius 2 is 1.62 bits per heavy atom. The van der Waals surface area contributed by atoms with Crippen molar-refractivity contribution in [3.05, 3.63) is 101 Å². The van der Waals surface area contributed by atoms with Crippen molar-refractivity contribution in [2.24, 2.45) is 0 Å². The number of benzene rings is 2. The van der Waals surface area contributed by atoms with Gasteiger partial charge in [-0.3, -0.25) is 9.78 Å². The molecule has 29 heavy (non-hydrogen) atoms. The Hall–Kier alpha value is -3.24. The lowest BCUT2D eigenvalue weighted by atomic mass is 10.1. The minimum Gasteiger partial charge on any atom is -0.337 e. The molecular weight excluding hydrogens is 358 g/mol.